The Morgan fingerprint density at radius 3 is 2.70 bits per heavy atom. The Kier molecular flexibility index (Phi) is 5.19. The molecule has 27 heavy (non-hydrogen) atoms. The molecule has 1 heterocycles. The molecule has 1 aromatic heterocycles. The highest BCUT2D eigenvalue weighted by Crippen LogP contribution is 2.49. The zero-order valence-corrected chi connectivity index (χ0v) is 15.8. The van der Waals surface area contributed by atoms with Crippen LogP contribution in [0.5, 0.6) is 5.75 Å². The maximum Gasteiger partial charge on any atom is 0.125 e. The van der Waals surface area contributed by atoms with Gasteiger partial charge in [0, 0.05) is 29.4 Å². The molecule has 0 spiro atoms. The maximum absolute atomic E-state index is 11.6. The quantitative estimate of drug-likeness (QED) is 0.625. The lowest BCUT2D eigenvalue weighted by molar-refractivity contribution is -0.00697. The Bertz CT molecular complexity index is 879. The Balaban J connectivity index is 1.57. The summed E-state index contributed by atoms with van der Waals surface area (Å²) in [4.78, 5) is 4.10. The van der Waals surface area contributed by atoms with Gasteiger partial charge in [0.25, 0.3) is 0 Å². The van der Waals surface area contributed by atoms with Crippen LogP contribution < -0.4 is 4.74 Å². The zero-order valence-electron chi connectivity index (χ0n) is 15.1. The number of rotatable bonds is 8. The predicted molar refractivity (Wildman–Crippen MR) is 106 cm³/mol. The summed E-state index contributed by atoms with van der Waals surface area (Å²) >= 11 is 6.27. The fraction of sp³-hybridized carbons (Fsp3) is 0.318. The first-order chi connectivity index (χ1) is 13.1. The average molecular weight is 383 g/mol. The molecule has 4 rings (SSSR count). The number of aliphatic hydroxyl groups is 1. The predicted octanol–water partition coefficient (Wildman–Crippen LogP) is 4.46. The number of imidazole rings is 1. The van der Waals surface area contributed by atoms with Gasteiger partial charge in [0.05, 0.1) is 19.5 Å². The molecule has 0 aliphatic heterocycles. The van der Waals surface area contributed by atoms with Crippen LogP contribution in [0.2, 0.25) is 5.02 Å². The SMILES string of the molecule is OC(Cn1ccnc1)(c1cc(Cl)ccc1OCCc1ccccc1)C1CC1. The summed E-state index contributed by atoms with van der Waals surface area (Å²) in [7, 11) is 0. The van der Waals surface area contributed by atoms with Crippen LogP contribution in [0.15, 0.2) is 67.3 Å². The highest BCUT2D eigenvalue weighted by molar-refractivity contribution is 6.30. The fourth-order valence-electron chi connectivity index (χ4n) is 3.54. The molecular formula is C22H23ClN2O2. The molecule has 140 valence electrons. The maximum atomic E-state index is 11.6. The molecule has 0 radical (unpaired) electrons. The van der Waals surface area contributed by atoms with Gasteiger partial charge in [-0.25, -0.2) is 4.98 Å². The Morgan fingerprint density at radius 1 is 1.19 bits per heavy atom. The van der Waals surface area contributed by atoms with E-state index >= 15 is 0 Å². The van der Waals surface area contributed by atoms with Crippen molar-refractivity contribution in [2.24, 2.45) is 5.92 Å². The van der Waals surface area contributed by atoms with E-state index in [4.69, 9.17) is 16.3 Å². The lowest BCUT2D eigenvalue weighted by atomic mass is 9.87. The molecule has 4 nitrogen and oxygen atoms in total. The molecule has 1 fully saturated rings. The van der Waals surface area contributed by atoms with Gasteiger partial charge in [-0.15, -0.1) is 0 Å². The Labute approximate surface area is 164 Å². The van der Waals surface area contributed by atoms with Gasteiger partial charge >= 0.3 is 0 Å². The Hall–Kier alpha value is -2.30. The third-order valence-corrected chi connectivity index (χ3v) is 5.37. The van der Waals surface area contributed by atoms with Crippen molar-refractivity contribution in [3.8, 4) is 5.75 Å². The van der Waals surface area contributed by atoms with Crippen LogP contribution in [0.1, 0.15) is 24.0 Å². The van der Waals surface area contributed by atoms with Gasteiger partial charge in [0.2, 0.25) is 0 Å². The van der Waals surface area contributed by atoms with Crippen LogP contribution in [0, 0.1) is 5.92 Å². The van der Waals surface area contributed by atoms with E-state index in [1.165, 1.54) is 5.56 Å². The number of ether oxygens (including phenoxy) is 1. The molecule has 1 atom stereocenters. The topological polar surface area (TPSA) is 47.3 Å². The van der Waals surface area contributed by atoms with Gasteiger partial charge in [-0.2, -0.15) is 0 Å². The second kappa shape index (κ2) is 7.75. The van der Waals surface area contributed by atoms with Crippen LogP contribution >= 0.6 is 11.6 Å². The lowest BCUT2D eigenvalue weighted by Crippen LogP contribution is -2.34. The molecular weight excluding hydrogens is 360 g/mol. The van der Waals surface area contributed by atoms with Crippen LogP contribution in [0.4, 0.5) is 0 Å². The summed E-state index contributed by atoms with van der Waals surface area (Å²) in [6, 6.07) is 15.8. The normalized spacial score (nSPS) is 16.1. The van der Waals surface area contributed by atoms with E-state index in [0.717, 1.165) is 24.8 Å². The van der Waals surface area contributed by atoms with E-state index in [0.29, 0.717) is 23.9 Å². The van der Waals surface area contributed by atoms with Crippen molar-refractivity contribution in [3.63, 3.8) is 0 Å². The van der Waals surface area contributed by atoms with Crippen molar-refractivity contribution in [3.05, 3.63) is 83.4 Å². The zero-order chi connectivity index (χ0) is 18.7. The minimum Gasteiger partial charge on any atom is -0.493 e. The molecule has 1 saturated carbocycles. The number of halogens is 1. The molecule has 2 aromatic carbocycles. The second-order valence-electron chi connectivity index (χ2n) is 7.16. The molecule has 5 heteroatoms. The van der Waals surface area contributed by atoms with Crippen molar-refractivity contribution in [2.75, 3.05) is 6.61 Å². The third kappa shape index (κ3) is 4.18. The summed E-state index contributed by atoms with van der Waals surface area (Å²) in [6.45, 7) is 0.984. The minimum absolute atomic E-state index is 0.204. The van der Waals surface area contributed by atoms with Crippen molar-refractivity contribution < 1.29 is 9.84 Å². The summed E-state index contributed by atoms with van der Waals surface area (Å²) in [5, 5.41) is 12.2. The van der Waals surface area contributed by atoms with E-state index in [1.807, 2.05) is 47.2 Å². The third-order valence-electron chi connectivity index (χ3n) is 5.13. The first-order valence-corrected chi connectivity index (χ1v) is 9.68. The molecule has 1 aliphatic carbocycles. The van der Waals surface area contributed by atoms with Crippen molar-refractivity contribution in [1.82, 2.24) is 9.55 Å². The second-order valence-corrected chi connectivity index (χ2v) is 7.59. The van der Waals surface area contributed by atoms with Crippen molar-refractivity contribution in [1.29, 1.82) is 0 Å². The summed E-state index contributed by atoms with van der Waals surface area (Å²) < 4.78 is 8.01. The summed E-state index contributed by atoms with van der Waals surface area (Å²) in [5.74, 6) is 0.902. The van der Waals surface area contributed by atoms with Crippen LogP contribution in [0.3, 0.4) is 0 Å². The largest absolute Gasteiger partial charge is 0.493 e. The smallest absolute Gasteiger partial charge is 0.125 e. The number of hydrogen-bond donors (Lipinski definition) is 1. The molecule has 1 unspecified atom stereocenters. The molecule has 0 bridgehead atoms. The Morgan fingerprint density at radius 2 is 2.00 bits per heavy atom. The van der Waals surface area contributed by atoms with Gasteiger partial charge in [0.15, 0.2) is 0 Å². The van der Waals surface area contributed by atoms with Crippen molar-refractivity contribution >= 4 is 11.6 Å². The van der Waals surface area contributed by atoms with E-state index in [2.05, 4.69) is 17.1 Å². The first kappa shape index (κ1) is 18.1. The number of hydrogen-bond acceptors (Lipinski definition) is 3. The number of nitrogens with zero attached hydrogens (tertiary/aromatic N) is 2. The minimum atomic E-state index is -1.02. The highest BCUT2D eigenvalue weighted by Gasteiger charge is 2.47. The van der Waals surface area contributed by atoms with E-state index in [9.17, 15) is 5.11 Å². The van der Waals surface area contributed by atoms with Gasteiger partial charge in [-0.3, -0.25) is 0 Å². The summed E-state index contributed by atoms with van der Waals surface area (Å²) in [6.07, 6.45) is 8.14. The molecule has 1 aliphatic rings. The van der Waals surface area contributed by atoms with Crippen LogP contribution in [-0.2, 0) is 18.6 Å². The fourth-order valence-corrected chi connectivity index (χ4v) is 3.72. The number of aromatic nitrogens is 2. The van der Waals surface area contributed by atoms with Crippen LogP contribution in [-0.4, -0.2) is 21.3 Å². The summed E-state index contributed by atoms with van der Waals surface area (Å²) in [5.41, 5.74) is 0.969. The van der Waals surface area contributed by atoms with E-state index in [-0.39, 0.29) is 5.92 Å². The van der Waals surface area contributed by atoms with E-state index < -0.39 is 5.60 Å². The molecule has 0 saturated heterocycles. The lowest BCUT2D eigenvalue weighted by Gasteiger charge is -2.31. The monoisotopic (exact) mass is 382 g/mol. The van der Waals surface area contributed by atoms with Crippen LogP contribution in [0.25, 0.3) is 0 Å². The molecule has 0 amide bonds. The van der Waals surface area contributed by atoms with E-state index in [1.54, 1.807) is 12.5 Å². The average Bonchev–Trinajstić information content (AvgIpc) is 3.43. The molecule has 1 N–H and O–H groups in total. The van der Waals surface area contributed by atoms with Crippen molar-refractivity contribution in [2.45, 2.75) is 31.4 Å². The van der Waals surface area contributed by atoms with Gasteiger partial charge in [-0.05, 0) is 42.5 Å². The first-order valence-electron chi connectivity index (χ1n) is 9.30. The number of benzene rings is 2. The van der Waals surface area contributed by atoms with Gasteiger partial charge in [0.1, 0.15) is 11.4 Å². The highest BCUT2D eigenvalue weighted by atomic mass is 35.5. The van der Waals surface area contributed by atoms with Gasteiger partial charge < -0.3 is 14.4 Å². The van der Waals surface area contributed by atoms with Gasteiger partial charge in [-0.1, -0.05) is 41.9 Å². The standard InChI is InChI=1S/C22H23ClN2O2/c23-19-8-9-21(27-13-10-17-4-2-1-3-5-17)20(14-19)22(26,18-6-7-18)15-25-12-11-24-16-25/h1-5,8-9,11-12,14,16,18,26H,6-7,10,13,15H2. The molecule has 3 aromatic rings.